The lowest BCUT2D eigenvalue weighted by Gasteiger charge is -2.14. The summed E-state index contributed by atoms with van der Waals surface area (Å²) in [7, 11) is 0. The van der Waals surface area contributed by atoms with Crippen molar-refractivity contribution in [2.45, 2.75) is 6.04 Å². The number of phenols is 1. The summed E-state index contributed by atoms with van der Waals surface area (Å²) in [4.78, 5) is 3.88. The van der Waals surface area contributed by atoms with Crippen molar-refractivity contribution in [3.8, 4) is 5.75 Å². The highest BCUT2D eigenvalue weighted by Gasteiger charge is 2.12. The average molecular weight is 224 g/mol. The Morgan fingerprint density at radius 3 is 2.60 bits per heavy atom. The first kappa shape index (κ1) is 9.98. The predicted octanol–water partition coefficient (Wildman–Crippen LogP) is 1.81. The van der Waals surface area contributed by atoms with Gasteiger partial charge in [-0.15, -0.1) is 11.6 Å². The molecule has 15 heavy (non-hydrogen) atoms. The second-order valence-corrected chi connectivity index (χ2v) is 3.45. The maximum atomic E-state index is 9.17. The number of halogens is 1. The van der Waals surface area contributed by atoms with E-state index in [9.17, 15) is 5.11 Å². The van der Waals surface area contributed by atoms with Gasteiger partial charge in [-0.1, -0.05) is 12.1 Å². The second kappa shape index (κ2) is 4.31. The first-order chi connectivity index (χ1) is 7.31. The van der Waals surface area contributed by atoms with Crippen molar-refractivity contribution in [1.82, 2.24) is 14.8 Å². The van der Waals surface area contributed by atoms with Gasteiger partial charge >= 0.3 is 0 Å². The van der Waals surface area contributed by atoms with E-state index >= 15 is 0 Å². The second-order valence-electron chi connectivity index (χ2n) is 3.14. The summed E-state index contributed by atoms with van der Waals surface area (Å²) in [5.74, 6) is 0.652. The van der Waals surface area contributed by atoms with Crippen LogP contribution in [0.1, 0.15) is 11.6 Å². The number of aromatic nitrogens is 3. The van der Waals surface area contributed by atoms with E-state index in [0.29, 0.717) is 5.88 Å². The third kappa shape index (κ3) is 2.10. The summed E-state index contributed by atoms with van der Waals surface area (Å²) in [6.45, 7) is 0. The minimum absolute atomic E-state index is 0.0465. The molecule has 1 heterocycles. The van der Waals surface area contributed by atoms with E-state index in [1.807, 2.05) is 12.1 Å². The van der Waals surface area contributed by atoms with E-state index in [1.165, 1.54) is 6.33 Å². The molecule has 0 spiro atoms. The highest BCUT2D eigenvalue weighted by Crippen LogP contribution is 2.20. The molecule has 0 aliphatic rings. The Labute approximate surface area is 92.1 Å². The van der Waals surface area contributed by atoms with Gasteiger partial charge in [-0.25, -0.2) is 9.67 Å². The van der Waals surface area contributed by atoms with Gasteiger partial charge in [-0.2, -0.15) is 5.10 Å². The fourth-order valence-electron chi connectivity index (χ4n) is 1.39. The molecule has 2 rings (SSSR count). The van der Waals surface area contributed by atoms with Crippen LogP contribution in [0.4, 0.5) is 0 Å². The van der Waals surface area contributed by atoms with Crippen LogP contribution in [-0.4, -0.2) is 25.8 Å². The third-order valence-electron chi connectivity index (χ3n) is 2.18. The smallest absolute Gasteiger partial charge is 0.137 e. The van der Waals surface area contributed by atoms with E-state index in [2.05, 4.69) is 10.1 Å². The molecule has 2 aromatic rings. The zero-order chi connectivity index (χ0) is 10.7. The third-order valence-corrected chi connectivity index (χ3v) is 2.47. The molecule has 1 aromatic heterocycles. The monoisotopic (exact) mass is 223 g/mol. The van der Waals surface area contributed by atoms with Crippen LogP contribution in [0.5, 0.6) is 5.75 Å². The topological polar surface area (TPSA) is 50.9 Å². The normalized spacial score (nSPS) is 12.6. The Balaban J connectivity index is 2.31. The van der Waals surface area contributed by atoms with Crippen LogP contribution in [0.3, 0.4) is 0 Å². The number of phenolic OH excluding ortho intramolecular Hbond substituents is 1. The summed E-state index contributed by atoms with van der Waals surface area (Å²) in [6.07, 6.45) is 3.10. The highest BCUT2D eigenvalue weighted by atomic mass is 35.5. The van der Waals surface area contributed by atoms with E-state index in [-0.39, 0.29) is 11.8 Å². The van der Waals surface area contributed by atoms with Crippen molar-refractivity contribution in [3.05, 3.63) is 42.5 Å². The quantitative estimate of drug-likeness (QED) is 0.808. The average Bonchev–Trinajstić information content (AvgIpc) is 2.75. The van der Waals surface area contributed by atoms with E-state index in [1.54, 1.807) is 23.1 Å². The van der Waals surface area contributed by atoms with Crippen LogP contribution in [-0.2, 0) is 0 Å². The van der Waals surface area contributed by atoms with Crippen molar-refractivity contribution in [2.24, 2.45) is 0 Å². The zero-order valence-electron chi connectivity index (χ0n) is 7.92. The molecule has 78 valence electrons. The molecular formula is C10H10ClN3O. The van der Waals surface area contributed by atoms with Crippen LogP contribution in [0.15, 0.2) is 36.9 Å². The molecule has 1 atom stereocenters. The standard InChI is InChI=1S/C10H10ClN3O/c11-5-10(14-7-12-6-13-14)8-1-3-9(15)4-2-8/h1-4,6-7,10,15H,5H2. The highest BCUT2D eigenvalue weighted by molar-refractivity contribution is 6.18. The number of hydrogen-bond acceptors (Lipinski definition) is 3. The van der Waals surface area contributed by atoms with Crippen molar-refractivity contribution < 1.29 is 5.11 Å². The first-order valence-corrected chi connectivity index (χ1v) is 5.03. The number of hydrogen-bond donors (Lipinski definition) is 1. The lowest BCUT2D eigenvalue weighted by molar-refractivity contribution is 0.474. The molecule has 1 unspecified atom stereocenters. The molecule has 5 heteroatoms. The molecule has 0 aliphatic carbocycles. The Bertz CT molecular complexity index is 413. The van der Waals surface area contributed by atoms with Crippen LogP contribution >= 0.6 is 11.6 Å². The molecule has 0 aliphatic heterocycles. The fourth-order valence-corrected chi connectivity index (χ4v) is 1.71. The van der Waals surface area contributed by atoms with Gasteiger partial charge in [0.05, 0.1) is 6.04 Å². The SMILES string of the molecule is Oc1ccc(C(CCl)n2cncn2)cc1. The number of benzene rings is 1. The molecule has 1 aromatic carbocycles. The maximum absolute atomic E-state index is 9.17. The minimum Gasteiger partial charge on any atom is -0.508 e. The van der Waals surface area contributed by atoms with Crippen LogP contribution in [0.2, 0.25) is 0 Å². The van der Waals surface area contributed by atoms with Crippen molar-refractivity contribution in [2.75, 3.05) is 5.88 Å². The molecule has 0 bridgehead atoms. The Morgan fingerprint density at radius 1 is 1.33 bits per heavy atom. The van der Waals surface area contributed by atoms with Crippen molar-refractivity contribution >= 4 is 11.6 Å². The Kier molecular flexibility index (Phi) is 2.87. The van der Waals surface area contributed by atoms with Crippen molar-refractivity contribution in [3.63, 3.8) is 0 Å². The van der Waals surface area contributed by atoms with E-state index in [0.717, 1.165) is 5.56 Å². The first-order valence-electron chi connectivity index (χ1n) is 4.50. The van der Waals surface area contributed by atoms with Crippen LogP contribution < -0.4 is 0 Å². The van der Waals surface area contributed by atoms with Gasteiger partial charge in [0.1, 0.15) is 18.4 Å². The fraction of sp³-hybridized carbons (Fsp3) is 0.200. The summed E-state index contributed by atoms with van der Waals surface area (Å²) in [5.41, 5.74) is 0.994. The molecular weight excluding hydrogens is 214 g/mol. The number of aromatic hydroxyl groups is 1. The maximum Gasteiger partial charge on any atom is 0.137 e. The molecule has 1 N–H and O–H groups in total. The van der Waals surface area contributed by atoms with Gasteiger partial charge in [0.2, 0.25) is 0 Å². The van der Waals surface area contributed by atoms with Crippen LogP contribution in [0.25, 0.3) is 0 Å². The van der Waals surface area contributed by atoms with Gasteiger partial charge in [-0.3, -0.25) is 0 Å². The van der Waals surface area contributed by atoms with Gasteiger partial charge in [-0.05, 0) is 17.7 Å². The Hall–Kier alpha value is -1.55. The summed E-state index contributed by atoms with van der Waals surface area (Å²) in [5, 5.41) is 13.2. The largest absolute Gasteiger partial charge is 0.508 e. The van der Waals surface area contributed by atoms with Crippen LogP contribution in [0, 0.1) is 0 Å². The summed E-state index contributed by atoms with van der Waals surface area (Å²) in [6, 6.07) is 6.86. The van der Waals surface area contributed by atoms with Crippen molar-refractivity contribution in [1.29, 1.82) is 0 Å². The van der Waals surface area contributed by atoms with Gasteiger partial charge in [0, 0.05) is 5.88 Å². The number of alkyl halides is 1. The zero-order valence-corrected chi connectivity index (χ0v) is 8.67. The minimum atomic E-state index is -0.0465. The summed E-state index contributed by atoms with van der Waals surface area (Å²) < 4.78 is 1.69. The predicted molar refractivity (Wildman–Crippen MR) is 57.0 cm³/mol. The molecule has 0 amide bonds. The van der Waals surface area contributed by atoms with E-state index in [4.69, 9.17) is 11.6 Å². The lowest BCUT2D eigenvalue weighted by Crippen LogP contribution is -2.12. The van der Waals surface area contributed by atoms with Gasteiger partial charge < -0.3 is 5.11 Å². The number of rotatable bonds is 3. The number of nitrogens with zero attached hydrogens (tertiary/aromatic N) is 3. The molecule has 4 nitrogen and oxygen atoms in total. The molecule has 0 saturated carbocycles. The molecule has 0 saturated heterocycles. The summed E-state index contributed by atoms with van der Waals surface area (Å²) >= 11 is 5.88. The lowest BCUT2D eigenvalue weighted by atomic mass is 10.1. The Morgan fingerprint density at radius 2 is 2.07 bits per heavy atom. The molecule has 0 radical (unpaired) electrons. The molecule has 0 fully saturated rings. The van der Waals surface area contributed by atoms with Gasteiger partial charge in [0.25, 0.3) is 0 Å². The van der Waals surface area contributed by atoms with E-state index < -0.39 is 0 Å². The van der Waals surface area contributed by atoms with Gasteiger partial charge in [0.15, 0.2) is 0 Å².